The molecule has 6 nitrogen and oxygen atoms in total. The summed E-state index contributed by atoms with van der Waals surface area (Å²) in [5.41, 5.74) is -1.72. The Morgan fingerprint density at radius 2 is 1.62 bits per heavy atom. The van der Waals surface area contributed by atoms with Gasteiger partial charge in [0.05, 0.1) is 5.41 Å². The van der Waals surface area contributed by atoms with E-state index >= 15 is 0 Å². The molecular weight excluding hydrogens is 276 g/mol. The summed E-state index contributed by atoms with van der Waals surface area (Å²) in [6.45, 7) is 11.0. The van der Waals surface area contributed by atoms with E-state index in [-0.39, 0.29) is 0 Å². The minimum absolute atomic E-state index is 0.401. The van der Waals surface area contributed by atoms with Gasteiger partial charge in [-0.05, 0) is 40.0 Å². The van der Waals surface area contributed by atoms with E-state index in [0.29, 0.717) is 12.3 Å². The molecule has 0 spiro atoms. The zero-order valence-electron chi connectivity index (χ0n) is 13.7. The van der Waals surface area contributed by atoms with Crippen molar-refractivity contribution in [3.8, 4) is 0 Å². The third-order valence-corrected chi connectivity index (χ3v) is 3.69. The average molecular weight is 302 g/mol. The van der Waals surface area contributed by atoms with E-state index in [2.05, 4.69) is 28.5 Å². The molecule has 21 heavy (non-hydrogen) atoms. The van der Waals surface area contributed by atoms with Gasteiger partial charge in [-0.1, -0.05) is 26.7 Å². The van der Waals surface area contributed by atoms with Crippen LogP contribution >= 0.6 is 0 Å². The Kier molecular flexibility index (Phi) is 5.75. The van der Waals surface area contributed by atoms with Gasteiger partial charge in [-0.15, -0.1) is 0 Å². The standard InChI is InChI=1S/C15H26O6/c1-7-8-10(2)9-14(3,4)11(16)18-19-12(17)15(5,6)13-20-21-13/h10,13H,7-9H2,1-6H3. The van der Waals surface area contributed by atoms with Crippen LogP contribution in [0.5, 0.6) is 0 Å². The SMILES string of the molecule is CCCC(C)CC(C)(C)C(=O)OOC(=O)C(C)(C)C1OO1. The number of hydrogen-bond acceptors (Lipinski definition) is 6. The smallest absolute Gasteiger partial charge is 0.247 e. The van der Waals surface area contributed by atoms with Crippen molar-refractivity contribution in [2.24, 2.45) is 16.7 Å². The summed E-state index contributed by atoms with van der Waals surface area (Å²) in [4.78, 5) is 42.5. The predicted molar refractivity (Wildman–Crippen MR) is 74.4 cm³/mol. The van der Waals surface area contributed by atoms with E-state index in [0.717, 1.165) is 12.8 Å². The van der Waals surface area contributed by atoms with Gasteiger partial charge in [0, 0.05) is 0 Å². The fourth-order valence-electron chi connectivity index (χ4n) is 2.21. The topological polar surface area (TPSA) is 77.7 Å². The Labute approximate surface area is 125 Å². The van der Waals surface area contributed by atoms with E-state index in [1.165, 1.54) is 0 Å². The summed E-state index contributed by atoms with van der Waals surface area (Å²) in [7, 11) is 0. The van der Waals surface area contributed by atoms with E-state index in [9.17, 15) is 9.59 Å². The molecule has 1 aliphatic rings. The first kappa shape index (κ1) is 17.9. The molecule has 0 aliphatic carbocycles. The minimum atomic E-state index is -1.01. The summed E-state index contributed by atoms with van der Waals surface area (Å²) < 4.78 is 0. The first-order valence-corrected chi connectivity index (χ1v) is 7.36. The third kappa shape index (κ3) is 4.97. The molecule has 1 saturated heterocycles. The van der Waals surface area contributed by atoms with Crippen LogP contribution < -0.4 is 0 Å². The second kappa shape index (κ2) is 6.75. The van der Waals surface area contributed by atoms with Gasteiger partial charge >= 0.3 is 11.9 Å². The molecule has 1 heterocycles. The zero-order valence-corrected chi connectivity index (χ0v) is 13.7. The summed E-state index contributed by atoms with van der Waals surface area (Å²) in [5, 5.41) is 0. The molecule has 0 aromatic carbocycles. The highest BCUT2D eigenvalue weighted by Gasteiger charge is 2.51. The monoisotopic (exact) mass is 302 g/mol. The van der Waals surface area contributed by atoms with Crippen molar-refractivity contribution < 1.29 is 29.1 Å². The second-order valence-electron chi connectivity index (χ2n) is 6.97. The Balaban J connectivity index is 2.46. The Morgan fingerprint density at radius 3 is 2.10 bits per heavy atom. The van der Waals surface area contributed by atoms with Crippen molar-refractivity contribution in [3.63, 3.8) is 0 Å². The third-order valence-electron chi connectivity index (χ3n) is 3.69. The van der Waals surface area contributed by atoms with Gasteiger partial charge in [0.2, 0.25) is 6.29 Å². The highest BCUT2D eigenvalue weighted by molar-refractivity contribution is 5.79. The molecule has 0 aromatic rings. The molecule has 122 valence electrons. The normalized spacial score (nSPS) is 17.2. The van der Waals surface area contributed by atoms with Gasteiger partial charge in [0.15, 0.2) is 0 Å². The van der Waals surface area contributed by atoms with Crippen LogP contribution in [0.1, 0.15) is 60.8 Å². The second-order valence-corrected chi connectivity index (χ2v) is 6.97. The molecule has 1 aliphatic heterocycles. The lowest BCUT2D eigenvalue weighted by Gasteiger charge is -2.25. The lowest BCUT2D eigenvalue weighted by molar-refractivity contribution is -0.273. The van der Waals surface area contributed by atoms with E-state index in [1.807, 2.05) is 0 Å². The highest BCUT2D eigenvalue weighted by Crippen LogP contribution is 2.35. The van der Waals surface area contributed by atoms with E-state index < -0.39 is 29.1 Å². The van der Waals surface area contributed by atoms with Gasteiger partial charge in [0.25, 0.3) is 0 Å². The van der Waals surface area contributed by atoms with Gasteiger partial charge in [-0.3, -0.25) is 0 Å². The highest BCUT2D eigenvalue weighted by atomic mass is 17.4. The van der Waals surface area contributed by atoms with Gasteiger partial charge < -0.3 is 0 Å². The van der Waals surface area contributed by atoms with Crippen LogP contribution in [0.15, 0.2) is 0 Å². The fourth-order valence-corrected chi connectivity index (χ4v) is 2.21. The molecule has 1 unspecified atom stereocenters. The van der Waals surface area contributed by atoms with Gasteiger partial charge in [0.1, 0.15) is 5.41 Å². The zero-order chi connectivity index (χ0) is 16.3. The quantitative estimate of drug-likeness (QED) is 0.408. The molecule has 1 rings (SSSR count). The van der Waals surface area contributed by atoms with Crippen molar-refractivity contribution in [1.29, 1.82) is 0 Å². The molecule has 0 radical (unpaired) electrons. The van der Waals surface area contributed by atoms with Crippen LogP contribution in [0.4, 0.5) is 0 Å². The van der Waals surface area contributed by atoms with E-state index in [1.54, 1.807) is 27.7 Å². The first-order valence-electron chi connectivity index (χ1n) is 7.36. The molecule has 6 heteroatoms. The number of hydrogen-bond donors (Lipinski definition) is 0. The van der Waals surface area contributed by atoms with Crippen molar-refractivity contribution in [2.45, 2.75) is 67.1 Å². The molecule has 0 aromatic heterocycles. The molecule has 0 bridgehead atoms. The molecule has 0 saturated carbocycles. The lowest BCUT2D eigenvalue weighted by atomic mass is 9.82. The Bertz CT molecular complexity index is 384. The van der Waals surface area contributed by atoms with Crippen molar-refractivity contribution in [2.75, 3.05) is 0 Å². The predicted octanol–water partition coefficient (Wildman–Crippen LogP) is 3.15. The molecular formula is C15H26O6. The maximum absolute atomic E-state index is 12.1. The van der Waals surface area contributed by atoms with Gasteiger partial charge in [-0.25, -0.2) is 19.4 Å². The van der Waals surface area contributed by atoms with Gasteiger partial charge in [-0.2, -0.15) is 9.78 Å². The summed E-state index contributed by atoms with van der Waals surface area (Å²) >= 11 is 0. The summed E-state index contributed by atoms with van der Waals surface area (Å²) in [5.74, 6) is -0.846. The maximum Gasteiger partial charge on any atom is 0.366 e. The Morgan fingerprint density at radius 1 is 1.10 bits per heavy atom. The first-order chi connectivity index (χ1) is 9.61. The van der Waals surface area contributed by atoms with Crippen molar-refractivity contribution >= 4 is 11.9 Å². The largest absolute Gasteiger partial charge is 0.366 e. The maximum atomic E-state index is 12.1. The lowest BCUT2D eigenvalue weighted by Crippen LogP contribution is -2.35. The van der Waals surface area contributed by atoms with Crippen molar-refractivity contribution in [1.82, 2.24) is 0 Å². The molecule has 1 fully saturated rings. The van der Waals surface area contributed by atoms with E-state index in [4.69, 9.17) is 4.89 Å². The van der Waals surface area contributed by atoms with Crippen LogP contribution in [-0.2, 0) is 29.1 Å². The van der Waals surface area contributed by atoms with Crippen LogP contribution in [0.3, 0.4) is 0 Å². The number of carbonyl (C=O) groups is 2. The molecule has 0 amide bonds. The van der Waals surface area contributed by atoms with Crippen LogP contribution in [0, 0.1) is 16.7 Å². The molecule has 0 N–H and O–H groups in total. The molecule has 1 atom stereocenters. The minimum Gasteiger partial charge on any atom is -0.247 e. The van der Waals surface area contributed by atoms with Crippen LogP contribution in [0.25, 0.3) is 0 Å². The summed E-state index contributed by atoms with van der Waals surface area (Å²) in [6, 6.07) is 0. The summed E-state index contributed by atoms with van der Waals surface area (Å²) in [6.07, 6.45) is 2.13. The number of carbonyl (C=O) groups excluding carboxylic acids is 2. The van der Waals surface area contributed by atoms with Crippen LogP contribution in [-0.4, -0.2) is 18.2 Å². The average Bonchev–Trinajstić information content (AvgIpc) is 3.19. The van der Waals surface area contributed by atoms with Crippen LogP contribution in [0.2, 0.25) is 0 Å². The van der Waals surface area contributed by atoms with Crippen molar-refractivity contribution in [3.05, 3.63) is 0 Å². The Hall–Kier alpha value is -1.14. The fraction of sp³-hybridized carbons (Fsp3) is 0.867. The number of rotatable bonds is 7.